The molecular weight excluding hydrogens is 889 g/mol. The van der Waals surface area contributed by atoms with Gasteiger partial charge in [0.25, 0.3) is 0 Å². The number of aromatic nitrogens is 12. The molecule has 13 rings (SSSR count). The summed E-state index contributed by atoms with van der Waals surface area (Å²) in [6, 6.07) is 59.1. The van der Waals surface area contributed by atoms with Crippen molar-refractivity contribution in [3.8, 4) is 101 Å². The molecule has 0 saturated heterocycles. The van der Waals surface area contributed by atoms with Gasteiger partial charge in [-0.25, -0.2) is 44.9 Å². The van der Waals surface area contributed by atoms with E-state index >= 15 is 0 Å². The lowest BCUT2D eigenvalue weighted by molar-refractivity contribution is 1.20. The number of hydrogen-bond donors (Lipinski definition) is 0. The van der Waals surface area contributed by atoms with E-state index in [1.165, 1.54) is 0 Å². The first-order chi connectivity index (χ1) is 35.6. The first-order valence-corrected chi connectivity index (χ1v) is 23.2. The fourth-order valence-electron chi connectivity index (χ4n) is 8.94. The Labute approximate surface area is 412 Å². The van der Waals surface area contributed by atoms with E-state index in [9.17, 15) is 0 Å². The van der Waals surface area contributed by atoms with Gasteiger partial charge in [0, 0.05) is 65.6 Å². The summed E-state index contributed by atoms with van der Waals surface area (Å²) in [6.45, 7) is 0. The van der Waals surface area contributed by atoms with Gasteiger partial charge in [-0.3, -0.25) is 15.0 Å². The van der Waals surface area contributed by atoms with Gasteiger partial charge in [0.05, 0.1) is 28.5 Å². The summed E-state index contributed by atoms with van der Waals surface area (Å²) < 4.78 is 0. The molecule has 0 N–H and O–H groups in total. The molecule has 336 valence electrons. The molecule has 0 aliphatic rings. The van der Waals surface area contributed by atoms with Crippen molar-refractivity contribution in [3.63, 3.8) is 0 Å². The molecule has 0 radical (unpaired) electrons. The van der Waals surface area contributed by atoms with Crippen LogP contribution in [0, 0.1) is 0 Å². The minimum absolute atomic E-state index is 0.566. The molecule has 0 amide bonds. The first kappa shape index (κ1) is 41.9. The highest BCUT2D eigenvalue weighted by atomic mass is 14.9. The molecule has 0 spiro atoms. The van der Waals surface area contributed by atoms with Crippen LogP contribution in [0.15, 0.2) is 219 Å². The highest BCUT2D eigenvalue weighted by Gasteiger charge is 2.19. The van der Waals surface area contributed by atoms with Gasteiger partial charge < -0.3 is 0 Å². The summed E-state index contributed by atoms with van der Waals surface area (Å²) in [5.41, 5.74) is 19.4. The van der Waals surface area contributed by atoms with Gasteiger partial charge >= 0.3 is 0 Å². The second-order valence-electron chi connectivity index (χ2n) is 17.0. The van der Waals surface area contributed by atoms with Crippen LogP contribution < -0.4 is 0 Å². The smallest absolute Gasteiger partial charge is 0.178 e. The molecular formula is C60H36N12. The Kier molecular flexibility index (Phi) is 10.5. The molecule has 0 fully saturated rings. The third-order valence-electron chi connectivity index (χ3n) is 12.5. The first-order valence-electron chi connectivity index (χ1n) is 23.2. The Morgan fingerprint density at radius 3 is 0.944 bits per heavy atom. The Hall–Kier alpha value is -10.2. The van der Waals surface area contributed by atoms with Crippen molar-refractivity contribution in [1.82, 2.24) is 59.8 Å². The van der Waals surface area contributed by atoms with Crippen molar-refractivity contribution >= 4 is 33.5 Å². The van der Waals surface area contributed by atoms with E-state index in [2.05, 4.69) is 121 Å². The Balaban J connectivity index is 0.918. The normalized spacial score (nSPS) is 11.3. The molecule has 9 heterocycles. The highest BCUT2D eigenvalue weighted by Crippen LogP contribution is 2.38. The minimum Gasteiger partial charge on any atom is -0.264 e. The van der Waals surface area contributed by atoms with Crippen LogP contribution in [0.4, 0.5) is 0 Å². The standard InChI is InChI=1S/C60H36N12/c1-3-28-62-47(10-1)56-53(68-50-13-7-31-65-59(50)71-56)41-23-17-38(18-24-41)45-33-44(37-15-21-40(22-16-37)52-55(43-9-5-27-61-36-43)70-58-49(67-52)12-6-30-64-58)34-46(35-45)39-19-25-42(26-20-39)54-57(48-11-2-4-29-63-48)72-60-51(69-54)14-8-32-66-60/h1-36H. The summed E-state index contributed by atoms with van der Waals surface area (Å²) in [4.78, 5) is 57.2. The zero-order chi connectivity index (χ0) is 47.8. The third kappa shape index (κ3) is 8.00. The molecule has 0 aliphatic heterocycles. The fourth-order valence-corrected chi connectivity index (χ4v) is 8.94. The lowest BCUT2D eigenvalue weighted by atomic mass is 9.91. The van der Waals surface area contributed by atoms with Crippen LogP contribution in [0.1, 0.15) is 0 Å². The summed E-state index contributed by atoms with van der Waals surface area (Å²) in [7, 11) is 0. The number of hydrogen-bond acceptors (Lipinski definition) is 12. The van der Waals surface area contributed by atoms with Crippen molar-refractivity contribution in [2.45, 2.75) is 0 Å². The number of fused-ring (bicyclic) bond motifs is 3. The van der Waals surface area contributed by atoms with Crippen molar-refractivity contribution < 1.29 is 0 Å². The van der Waals surface area contributed by atoms with E-state index < -0.39 is 0 Å². The number of rotatable bonds is 9. The van der Waals surface area contributed by atoms with E-state index in [0.29, 0.717) is 44.9 Å². The van der Waals surface area contributed by atoms with E-state index in [4.69, 9.17) is 29.9 Å². The third-order valence-corrected chi connectivity index (χ3v) is 12.5. The Morgan fingerprint density at radius 2 is 0.569 bits per heavy atom. The van der Waals surface area contributed by atoms with E-state index in [-0.39, 0.29) is 0 Å². The molecule has 0 saturated carbocycles. The predicted octanol–water partition coefficient (Wildman–Crippen LogP) is 12.9. The lowest BCUT2D eigenvalue weighted by Crippen LogP contribution is -1.98. The van der Waals surface area contributed by atoms with E-state index in [1.807, 2.05) is 84.9 Å². The molecule has 12 nitrogen and oxygen atoms in total. The maximum Gasteiger partial charge on any atom is 0.178 e. The fraction of sp³-hybridized carbons (Fsp3) is 0. The quantitative estimate of drug-likeness (QED) is 0.135. The molecule has 13 aromatic rings. The van der Waals surface area contributed by atoms with Gasteiger partial charge in [0.15, 0.2) is 16.9 Å². The predicted molar refractivity (Wildman–Crippen MR) is 281 cm³/mol. The molecule has 9 aromatic heterocycles. The maximum absolute atomic E-state index is 5.08. The molecule has 4 aromatic carbocycles. The molecule has 72 heavy (non-hydrogen) atoms. The van der Waals surface area contributed by atoms with Crippen molar-refractivity contribution in [2.75, 3.05) is 0 Å². The SMILES string of the molecule is c1ccc(-c2nc3ncccc3nc2-c2ccc(-c3cc(-c4ccc(-c5nc6cccnc6nc5-c5cccnc5)cc4)cc(-c4ccc(-c5nc6cccnc6nc5-c5ccccn5)cc4)c3)cc2)nc1. The molecule has 0 unspecified atom stereocenters. The van der Waals surface area contributed by atoms with Crippen LogP contribution in [-0.2, 0) is 0 Å². The van der Waals surface area contributed by atoms with Gasteiger partial charge in [-0.1, -0.05) is 84.9 Å². The number of pyridine rings is 6. The Morgan fingerprint density at radius 1 is 0.222 bits per heavy atom. The van der Waals surface area contributed by atoms with E-state index in [1.54, 1.807) is 43.4 Å². The lowest BCUT2D eigenvalue weighted by Gasteiger charge is -2.14. The number of benzene rings is 4. The maximum atomic E-state index is 5.08. The monoisotopic (exact) mass is 924 g/mol. The topological polar surface area (TPSA) is 155 Å². The molecule has 0 bridgehead atoms. The van der Waals surface area contributed by atoms with Gasteiger partial charge in [0.1, 0.15) is 33.6 Å². The average molecular weight is 925 g/mol. The second-order valence-corrected chi connectivity index (χ2v) is 17.0. The second kappa shape index (κ2) is 18.0. The largest absolute Gasteiger partial charge is 0.264 e. The van der Waals surface area contributed by atoms with Gasteiger partial charge in [-0.15, -0.1) is 0 Å². The van der Waals surface area contributed by atoms with Gasteiger partial charge in [-0.05, 0) is 124 Å². The van der Waals surface area contributed by atoms with Crippen molar-refractivity contribution in [3.05, 3.63) is 219 Å². The highest BCUT2D eigenvalue weighted by molar-refractivity contribution is 5.89. The minimum atomic E-state index is 0.566. The summed E-state index contributed by atoms with van der Waals surface area (Å²) >= 11 is 0. The molecule has 0 aliphatic carbocycles. The van der Waals surface area contributed by atoms with Crippen molar-refractivity contribution in [2.24, 2.45) is 0 Å². The van der Waals surface area contributed by atoms with Crippen LogP contribution in [0.2, 0.25) is 0 Å². The van der Waals surface area contributed by atoms with Crippen LogP contribution in [0.3, 0.4) is 0 Å². The van der Waals surface area contributed by atoms with Crippen LogP contribution in [0.5, 0.6) is 0 Å². The van der Waals surface area contributed by atoms with Crippen LogP contribution >= 0.6 is 0 Å². The summed E-state index contributed by atoms with van der Waals surface area (Å²) in [5, 5.41) is 0. The van der Waals surface area contributed by atoms with Gasteiger partial charge in [0.2, 0.25) is 0 Å². The molecule has 0 atom stereocenters. The van der Waals surface area contributed by atoms with Crippen LogP contribution in [0.25, 0.3) is 135 Å². The Bertz CT molecular complexity index is 3680. The van der Waals surface area contributed by atoms with E-state index in [0.717, 1.165) is 89.8 Å². The van der Waals surface area contributed by atoms with Gasteiger partial charge in [-0.2, -0.15) is 0 Å². The van der Waals surface area contributed by atoms with Crippen molar-refractivity contribution in [1.29, 1.82) is 0 Å². The molecule has 12 heteroatoms. The van der Waals surface area contributed by atoms with Crippen LogP contribution in [-0.4, -0.2) is 59.8 Å². The summed E-state index contributed by atoms with van der Waals surface area (Å²) in [6.07, 6.45) is 12.3. The average Bonchev–Trinajstić information content (AvgIpc) is 3.47. The zero-order valence-corrected chi connectivity index (χ0v) is 38.2. The zero-order valence-electron chi connectivity index (χ0n) is 38.2. The number of nitrogens with zero attached hydrogens (tertiary/aromatic N) is 12. The summed E-state index contributed by atoms with van der Waals surface area (Å²) in [5.74, 6) is 0.